The van der Waals surface area contributed by atoms with Gasteiger partial charge in [0.25, 0.3) is 5.89 Å². The van der Waals surface area contributed by atoms with Crippen molar-refractivity contribution in [2.45, 2.75) is 25.9 Å². The second-order valence-electron chi connectivity index (χ2n) is 6.41. The Hall–Kier alpha value is -3.18. The second kappa shape index (κ2) is 8.01. The molecule has 2 aromatic heterocycles. The summed E-state index contributed by atoms with van der Waals surface area (Å²) in [6.45, 7) is 2.71. The number of furan rings is 1. The van der Waals surface area contributed by atoms with E-state index in [0.717, 1.165) is 17.7 Å². The molecule has 4 aromatic rings. The number of hydrogen-bond acceptors (Lipinski definition) is 4. The van der Waals surface area contributed by atoms with Gasteiger partial charge in [-0.25, -0.2) is 0 Å². The largest absolute Gasteiger partial charge is 0.463 e. The van der Waals surface area contributed by atoms with Gasteiger partial charge in [-0.05, 0) is 24.1 Å². The Kier molecular flexibility index (Phi) is 5.12. The molecule has 0 aliphatic carbocycles. The molecule has 0 saturated carbocycles. The monoisotopic (exact) mass is 360 g/mol. The summed E-state index contributed by atoms with van der Waals surface area (Å²) in [4.78, 5) is 4.54. The minimum Gasteiger partial charge on any atom is -0.463 e. The maximum atomic E-state index is 5.64. The van der Waals surface area contributed by atoms with E-state index in [9.17, 15) is 0 Å². The summed E-state index contributed by atoms with van der Waals surface area (Å²) in [5.74, 6) is 2.11. The highest BCUT2D eigenvalue weighted by molar-refractivity contribution is 5.54. The van der Waals surface area contributed by atoms with E-state index in [4.69, 9.17) is 8.94 Å². The molecule has 2 aromatic carbocycles. The van der Waals surface area contributed by atoms with E-state index in [1.807, 2.05) is 42.5 Å². The van der Waals surface area contributed by atoms with Crippen molar-refractivity contribution in [2.75, 3.05) is 0 Å². The van der Waals surface area contributed by atoms with E-state index in [0.29, 0.717) is 18.3 Å². The van der Waals surface area contributed by atoms with Crippen LogP contribution in [-0.2, 0) is 13.0 Å². The Labute approximate surface area is 158 Å². The van der Waals surface area contributed by atoms with Gasteiger partial charge in [0.1, 0.15) is 0 Å². The molecule has 0 amide bonds. The molecule has 5 nitrogen and oxygen atoms in total. The number of nitrogens with zero attached hydrogens (tertiary/aromatic N) is 2. The van der Waals surface area contributed by atoms with E-state index in [2.05, 4.69) is 46.6 Å². The molecule has 0 unspecified atom stereocenters. The van der Waals surface area contributed by atoms with Gasteiger partial charge in [0.15, 0.2) is 18.3 Å². The van der Waals surface area contributed by atoms with Crippen molar-refractivity contribution in [1.29, 1.82) is 0 Å². The second-order valence-corrected chi connectivity index (χ2v) is 6.41. The zero-order chi connectivity index (χ0) is 18.5. The molecule has 0 aliphatic heterocycles. The highest BCUT2D eigenvalue weighted by atomic mass is 16.5. The number of rotatable bonds is 7. The highest BCUT2D eigenvalue weighted by Gasteiger charge is 2.21. The maximum absolute atomic E-state index is 5.64. The van der Waals surface area contributed by atoms with Crippen molar-refractivity contribution >= 4 is 0 Å². The summed E-state index contributed by atoms with van der Waals surface area (Å²) < 4.78 is 11.1. The van der Waals surface area contributed by atoms with E-state index in [1.165, 1.54) is 11.1 Å². The zero-order valence-electron chi connectivity index (χ0n) is 15.2. The van der Waals surface area contributed by atoms with Crippen LogP contribution in [0.2, 0.25) is 0 Å². The van der Waals surface area contributed by atoms with Gasteiger partial charge in [0, 0.05) is 11.1 Å². The zero-order valence-corrected chi connectivity index (χ0v) is 15.2. The smallest absolute Gasteiger partial charge is 0.282 e. The number of aryl methyl sites for hydroxylation is 1. The summed E-state index contributed by atoms with van der Waals surface area (Å²) >= 11 is 0. The molecular formula is C22H22N3O2+. The summed E-state index contributed by atoms with van der Waals surface area (Å²) in [6, 6.07) is 22.5. The predicted molar refractivity (Wildman–Crippen MR) is 102 cm³/mol. The van der Waals surface area contributed by atoms with Crippen LogP contribution in [0.3, 0.4) is 0 Å². The molecule has 0 fully saturated rings. The van der Waals surface area contributed by atoms with Crippen LogP contribution in [0.4, 0.5) is 0 Å². The molecule has 4 rings (SSSR count). The van der Waals surface area contributed by atoms with Gasteiger partial charge in [-0.15, -0.1) is 0 Å². The Morgan fingerprint density at radius 2 is 1.78 bits per heavy atom. The first-order chi connectivity index (χ1) is 13.3. The molecule has 0 bridgehead atoms. The SMILES string of the molecule is CCc1ccc(-c2noc(C[NH2+][C@H](c3ccccc3)c3ccco3)n2)cc1. The molecule has 0 aliphatic rings. The minimum atomic E-state index is 0.0420. The van der Waals surface area contributed by atoms with Crippen molar-refractivity contribution in [2.24, 2.45) is 0 Å². The molecule has 2 N–H and O–H groups in total. The summed E-state index contributed by atoms with van der Waals surface area (Å²) in [6.07, 6.45) is 2.71. The Morgan fingerprint density at radius 1 is 0.963 bits per heavy atom. The van der Waals surface area contributed by atoms with E-state index >= 15 is 0 Å². The average Bonchev–Trinajstić information content (AvgIpc) is 3.42. The lowest BCUT2D eigenvalue weighted by Gasteiger charge is -2.12. The van der Waals surface area contributed by atoms with E-state index in [-0.39, 0.29) is 6.04 Å². The number of aromatic nitrogens is 2. The van der Waals surface area contributed by atoms with Crippen molar-refractivity contribution < 1.29 is 14.3 Å². The average molecular weight is 360 g/mol. The number of benzene rings is 2. The number of nitrogens with two attached hydrogens (primary N) is 1. The number of hydrogen-bond donors (Lipinski definition) is 1. The van der Waals surface area contributed by atoms with Gasteiger partial charge in [0.05, 0.1) is 6.26 Å². The Bertz CT molecular complexity index is 960. The molecule has 0 radical (unpaired) electrons. The summed E-state index contributed by atoms with van der Waals surface area (Å²) in [7, 11) is 0. The predicted octanol–water partition coefficient (Wildman–Crippen LogP) is 3.75. The molecule has 0 saturated heterocycles. The van der Waals surface area contributed by atoms with Crippen LogP contribution >= 0.6 is 0 Å². The fraction of sp³-hybridized carbons (Fsp3) is 0.182. The van der Waals surface area contributed by atoms with Crippen molar-refractivity contribution in [3.8, 4) is 11.4 Å². The van der Waals surface area contributed by atoms with Gasteiger partial charge in [-0.3, -0.25) is 0 Å². The molecule has 0 spiro atoms. The third-order valence-corrected chi connectivity index (χ3v) is 4.63. The molecule has 1 atom stereocenters. The fourth-order valence-corrected chi connectivity index (χ4v) is 3.11. The molecule has 27 heavy (non-hydrogen) atoms. The van der Waals surface area contributed by atoms with Crippen LogP contribution in [-0.4, -0.2) is 10.1 Å². The molecule has 5 heteroatoms. The standard InChI is InChI=1S/C22H21N3O2/c1-2-16-10-12-18(13-11-16)22-24-20(27-25-22)15-23-21(19-9-6-14-26-19)17-7-4-3-5-8-17/h3-14,21,23H,2,15H2,1H3/p+1/t21-/m1/s1. The normalized spacial score (nSPS) is 12.2. The van der Waals surface area contributed by atoms with Crippen LogP contribution in [0.25, 0.3) is 11.4 Å². The molecule has 136 valence electrons. The first-order valence-electron chi connectivity index (χ1n) is 9.17. The quantitative estimate of drug-likeness (QED) is 0.545. The van der Waals surface area contributed by atoms with Gasteiger partial charge in [-0.1, -0.05) is 66.7 Å². The summed E-state index contributed by atoms with van der Waals surface area (Å²) in [5, 5.41) is 6.27. The lowest BCUT2D eigenvalue weighted by Crippen LogP contribution is -2.83. The van der Waals surface area contributed by atoms with Gasteiger partial charge < -0.3 is 14.3 Å². The third kappa shape index (κ3) is 3.99. The van der Waals surface area contributed by atoms with E-state index < -0.39 is 0 Å². The van der Waals surface area contributed by atoms with Gasteiger partial charge in [-0.2, -0.15) is 4.98 Å². The van der Waals surface area contributed by atoms with Crippen LogP contribution < -0.4 is 5.32 Å². The third-order valence-electron chi connectivity index (χ3n) is 4.63. The van der Waals surface area contributed by atoms with Gasteiger partial charge >= 0.3 is 0 Å². The maximum Gasteiger partial charge on any atom is 0.282 e. The number of quaternary nitrogens is 1. The topological polar surface area (TPSA) is 68.7 Å². The van der Waals surface area contributed by atoms with Crippen LogP contribution in [0.15, 0.2) is 81.9 Å². The van der Waals surface area contributed by atoms with Gasteiger partial charge in [0.2, 0.25) is 5.82 Å². The minimum absolute atomic E-state index is 0.0420. The fourth-order valence-electron chi connectivity index (χ4n) is 3.11. The summed E-state index contributed by atoms with van der Waals surface area (Å²) in [5.41, 5.74) is 3.43. The van der Waals surface area contributed by atoms with Crippen molar-refractivity contribution in [3.05, 3.63) is 95.8 Å². The first kappa shape index (κ1) is 17.2. The van der Waals surface area contributed by atoms with Crippen molar-refractivity contribution in [3.63, 3.8) is 0 Å². The van der Waals surface area contributed by atoms with Crippen molar-refractivity contribution in [1.82, 2.24) is 10.1 Å². The van der Waals surface area contributed by atoms with Crippen LogP contribution in [0.5, 0.6) is 0 Å². The van der Waals surface area contributed by atoms with Crippen LogP contribution in [0.1, 0.15) is 35.7 Å². The lowest BCUT2D eigenvalue weighted by molar-refractivity contribution is -0.706. The van der Waals surface area contributed by atoms with E-state index in [1.54, 1.807) is 6.26 Å². The molecule has 2 heterocycles. The molecular weight excluding hydrogens is 338 g/mol. The Morgan fingerprint density at radius 3 is 2.48 bits per heavy atom. The highest BCUT2D eigenvalue weighted by Crippen LogP contribution is 2.19. The lowest BCUT2D eigenvalue weighted by atomic mass is 10.0. The van der Waals surface area contributed by atoms with Crippen LogP contribution in [0, 0.1) is 0 Å². The Balaban J connectivity index is 1.49. The first-order valence-corrected chi connectivity index (χ1v) is 9.17.